The van der Waals surface area contributed by atoms with E-state index in [0.717, 1.165) is 5.56 Å². The summed E-state index contributed by atoms with van der Waals surface area (Å²) in [5, 5.41) is 23.2. The number of carbonyl (C=O) groups excluding carboxylic acids is 1. The van der Waals surface area contributed by atoms with Gasteiger partial charge in [-0.1, -0.05) is 42.5 Å². The van der Waals surface area contributed by atoms with Crippen molar-refractivity contribution in [2.75, 3.05) is 7.11 Å². The van der Waals surface area contributed by atoms with Gasteiger partial charge in [-0.2, -0.15) is 0 Å². The standard InChI is InChI=1S/C19H21NO4/c1-24-16-10-6-5-9-13(16)19(23)20-17-14(11-15(21)18(17)22)12-7-3-2-4-8-12/h2-10,14-15,17-18,21-22H,11H2,1H3,(H,20,23)/t14-,15-,17-,18-/m1/s1. The van der Waals surface area contributed by atoms with E-state index in [1.807, 2.05) is 30.3 Å². The van der Waals surface area contributed by atoms with Gasteiger partial charge in [0.1, 0.15) is 11.9 Å². The summed E-state index contributed by atoms with van der Waals surface area (Å²) < 4.78 is 5.22. The highest BCUT2D eigenvalue weighted by atomic mass is 16.5. The molecule has 0 spiro atoms. The second-order valence-corrected chi connectivity index (χ2v) is 6.01. The Morgan fingerprint density at radius 2 is 1.75 bits per heavy atom. The molecule has 0 saturated heterocycles. The Morgan fingerprint density at radius 1 is 1.08 bits per heavy atom. The number of hydrogen-bond acceptors (Lipinski definition) is 4. The van der Waals surface area contributed by atoms with Crippen LogP contribution in [0, 0.1) is 0 Å². The molecule has 0 radical (unpaired) electrons. The number of carbonyl (C=O) groups is 1. The summed E-state index contributed by atoms with van der Waals surface area (Å²) in [5.74, 6) is 0.000634. The molecule has 2 aromatic carbocycles. The Labute approximate surface area is 140 Å². The van der Waals surface area contributed by atoms with E-state index in [1.165, 1.54) is 7.11 Å². The fraction of sp³-hybridized carbons (Fsp3) is 0.316. The maximum atomic E-state index is 12.6. The molecular formula is C19H21NO4. The third-order valence-electron chi connectivity index (χ3n) is 4.57. The van der Waals surface area contributed by atoms with Crippen LogP contribution < -0.4 is 10.1 Å². The van der Waals surface area contributed by atoms with Crippen molar-refractivity contribution in [1.29, 1.82) is 0 Å². The highest BCUT2D eigenvalue weighted by molar-refractivity contribution is 5.97. The summed E-state index contributed by atoms with van der Waals surface area (Å²) in [4.78, 5) is 12.6. The Kier molecular flexibility index (Phi) is 4.83. The van der Waals surface area contributed by atoms with Crippen molar-refractivity contribution in [3.63, 3.8) is 0 Å². The summed E-state index contributed by atoms with van der Waals surface area (Å²) in [6, 6.07) is 16.0. The van der Waals surface area contributed by atoms with Gasteiger partial charge in [-0.15, -0.1) is 0 Å². The Morgan fingerprint density at radius 3 is 2.46 bits per heavy atom. The van der Waals surface area contributed by atoms with Crippen molar-refractivity contribution in [2.45, 2.75) is 30.6 Å². The molecule has 3 N–H and O–H groups in total. The molecule has 5 heteroatoms. The van der Waals surface area contributed by atoms with Crippen molar-refractivity contribution in [1.82, 2.24) is 5.32 Å². The predicted octanol–water partition coefficient (Wildman–Crippen LogP) is 1.70. The van der Waals surface area contributed by atoms with E-state index in [0.29, 0.717) is 17.7 Å². The second-order valence-electron chi connectivity index (χ2n) is 6.01. The minimum atomic E-state index is -1.01. The number of aliphatic hydroxyl groups excluding tert-OH is 2. The molecule has 1 aliphatic carbocycles. The molecule has 0 aliphatic heterocycles. The molecule has 2 aromatic rings. The van der Waals surface area contributed by atoms with E-state index in [1.54, 1.807) is 24.3 Å². The molecule has 0 unspecified atom stereocenters. The van der Waals surface area contributed by atoms with Gasteiger partial charge >= 0.3 is 0 Å². The normalized spacial score (nSPS) is 26.1. The van der Waals surface area contributed by atoms with Crippen LogP contribution in [0.1, 0.15) is 28.3 Å². The van der Waals surface area contributed by atoms with E-state index < -0.39 is 18.2 Å². The number of benzene rings is 2. The lowest BCUT2D eigenvalue weighted by Crippen LogP contribution is -2.45. The molecule has 1 saturated carbocycles. The van der Waals surface area contributed by atoms with E-state index >= 15 is 0 Å². The van der Waals surface area contributed by atoms with Crippen LogP contribution >= 0.6 is 0 Å². The third-order valence-corrected chi connectivity index (χ3v) is 4.57. The van der Waals surface area contributed by atoms with Crippen LogP contribution in [-0.4, -0.2) is 41.5 Å². The van der Waals surface area contributed by atoms with E-state index in [9.17, 15) is 15.0 Å². The number of aliphatic hydroxyl groups is 2. The molecule has 24 heavy (non-hydrogen) atoms. The Bertz CT molecular complexity index is 704. The van der Waals surface area contributed by atoms with Crippen LogP contribution in [0.2, 0.25) is 0 Å². The number of amides is 1. The minimum absolute atomic E-state index is 0.144. The summed E-state index contributed by atoms with van der Waals surface area (Å²) in [6.45, 7) is 0. The van der Waals surface area contributed by atoms with Crippen LogP contribution in [0.3, 0.4) is 0 Å². The first-order valence-electron chi connectivity index (χ1n) is 7.96. The van der Waals surface area contributed by atoms with Crippen LogP contribution in [0.5, 0.6) is 5.75 Å². The van der Waals surface area contributed by atoms with Gasteiger partial charge in [-0.3, -0.25) is 4.79 Å². The van der Waals surface area contributed by atoms with Gasteiger partial charge in [0.2, 0.25) is 0 Å². The minimum Gasteiger partial charge on any atom is -0.496 e. The molecule has 0 aromatic heterocycles. The van der Waals surface area contributed by atoms with Gasteiger partial charge in [0.15, 0.2) is 0 Å². The van der Waals surface area contributed by atoms with Crippen LogP contribution in [0.4, 0.5) is 0 Å². The molecule has 126 valence electrons. The average Bonchev–Trinajstić information content (AvgIpc) is 2.90. The maximum absolute atomic E-state index is 12.6. The van der Waals surface area contributed by atoms with E-state index in [4.69, 9.17) is 4.74 Å². The highest BCUT2D eigenvalue weighted by Gasteiger charge is 2.43. The van der Waals surface area contributed by atoms with Crippen molar-refractivity contribution in [3.8, 4) is 5.75 Å². The summed E-state index contributed by atoms with van der Waals surface area (Å²) in [5.41, 5.74) is 1.39. The smallest absolute Gasteiger partial charge is 0.255 e. The molecule has 1 amide bonds. The van der Waals surface area contributed by atoms with Gasteiger partial charge in [-0.05, 0) is 24.1 Å². The zero-order chi connectivity index (χ0) is 17.1. The number of methoxy groups -OCH3 is 1. The van der Waals surface area contributed by atoms with Gasteiger partial charge in [0.25, 0.3) is 5.91 Å². The molecular weight excluding hydrogens is 306 g/mol. The summed E-state index contributed by atoms with van der Waals surface area (Å²) in [7, 11) is 1.51. The number of rotatable bonds is 4. The quantitative estimate of drug-likeness (QED) is 0.799. The lowest BCUT2D eigenvalue weighted by molar-refractivity contribution is 0.0294. The monoisotopic (exact) mass is 327 g/mol. The van der Waals surface area contributed by atoms with Gasteiger partial charge in [0.05, 0.1) is 24.8 Å². The number of para-hydroxylation sites is 1. The van der Waals surface area contributed by atoms with Crippen molar-refractivity contribution >= 4 is 5.91 Å². The SMILES string of the molecule is COc1ccccc1C(=O)N[C@H]1[C@H](O)[C@H](O)C[C@@H]1c1ccccc1. The predicted molar refractivity (Wildman–Crippen MR) is 90.1 cm³/mol. The van der Waals surface area contributed by atoms with Crippen molar-refractivity contribution < 1.29 is 19.7 Å². The molecule has 3 rings (SSSR count). The maximum Gasteiger partial charge on any atom is 0.255 e. The first kappa shape index (κ1) is 16.5. The lowest BCUT2D eigenvalue weighted by atomic mass is 9.93. The molecule has 5 nitrogen and oxygen atoms in total. The average molecular weight is 327 g/mol. The van der Waals surface area contributed by atoms with Crippen LogP contribution in [-0.2, 0) is 0 Å². The first-order chi connectivity index (χ1) is 11.6. The number of ether oxygens (including phenoxy) is 1. The van der Waals surface area contributed by atoms with E-state index in [2.05, 4.69) is 5.32 Å². The zero-order valence-corrected chi connectivity index (χ0v) is 13.4. The molecule has 4 atom stereocenters. The molecule has 0 bridgehead atoms. The second kappa shape index (κ2) is 7.03. The van der Waals surface area contributed by atoms with Crippen molar-refractivity contribution in [3.05, 3.63) is 65.7 Å². The summed E-state index contributed by atoms with van der Waals surface area (Å²) >= 11 is 0. The number of hydrogen-bond donors (Lipinski definition) is 3. The largest absolute Gasteiger partial charge is 0.496 e. The van der Waals surface area contributed by atoms with Gasteiger partial charge in [0, 0.05) is 5.92 Å². The molecule has 1 fully saturated rings. The molecule has 0 heterocycles. The van der Waals surface area contributed by atoms with Gasteiger partial charge in [-0.25, -0.2) is 0 Å². The van der Waals surface area contributed by atoms with Crippen LogP contribution in [0.15, 0.2) is 54.6 Å². The first-order valence-corrected chi connectivity index (χ1v) is 7.96. The van der Waals surface area contributed by atoms with Crippen LogP contribution in [0.25, 0.3) is 0 Å². The third kappa shape index (κ3) is 3.13. The Hall–Kier alpha value is -2.37. The summed E-state index contributed by atoms with van der Waals surface area (Å²) in [6.07, 6.45) is -1.46. The number of nitrogens with one attached hydrogen (secondary N) is 1. The van der Waals surface area contributed by atoms with Crippen molar-refractivity contribution in [2.24, 2.45) is 0 Å². The van der Waals surface area contributed by atoms with Gasteiger partial charge < -0.3 is 20.3 Å². The lowest BCUT2D eigenvalue weighted by Gasteiger charge is -2.24. The van der Waals surface area contributed by atoms with E-state index in [-0.39, 0.29) is 11.8 Å². The topological polar surface area (TPSA) is 78.8 Å². The molecule has 1 aliphatic rings. The Balaban J connectivity index is 1.84. The fourth-order valence-corrected chi connectivity index (χ4v) is 3.31. The highest BCUT2D eigenvalue weighted by Crippen LogP contribution is 2.35. The zero-order valence-electron chi connectivity index (χ0n) is 13.4. The fourth-order valence-electron chi connectivity index (χ4n) is 3.31.